The minimum Gasteiger partial charge on any atom is -0.355 e. The molecule has 0 radical (unpaired) electrons. The summed E-state index contributed by atoms with van der Waals surface area (Å²) in [4.78, 5) is 15.8. The molecule has 1 amide bonds. The number of nitrogens with one attached hydrogen (secondary N) is 2. The van der Waals surface area contributed by atoms with Gasteiger partial charge in [-0.1, -0.05) is 0 Å². The predicted molar refractivity (Wildman–Crippen MR) is 75.2 cm³/mol. The number of carbonyl (C=O) groups is 1. The number of hydrogen-bond donors (Lipinski definition) is 2. The minimum absolute atomic E-state index is 0.196. The van der Waals surface area contributed by atoms with E-state index in [4.69, 9.17) is 0 Å². The molecule has 3 rings (SSSR count). The number of aryl methyl sites for hydroxylation is 1. The second kappa shape index (κ2) is 5.58. The average molecular weight is 273 g/mol. The summed E-state index contributed by atoms with van der Waals surface area (Å²) in [6, 6.07) is 1.95. The van der Waals surface area contributed by atoms with E-state index in [1.165, 1.54) is 0 Å². The maximum atomic E-state index is 11.4. The quantitative estimate of drug-likeness (QED) is 0.758. The number of aromatic nitrogens is 3. The molecule has 2 N–H and O–H groups in total. The lowest BCUT2D eigenvalue weighted by Crippen LogP contribution is -2.32. The minimum atomic E-state index is 0.196. The van der Waals surface area contributed by atoms with Crippen LogP contribution in [0.1, 0.15) is 24.1 Å². The summed E-state index contributed by atoms with van der Waals surface area (Å²) in [6.07, 6.45) is 5.93. The molecule has 6 nitrogen and oxygen atoms in total. The molecule has 0 unspecified atom stereocenters. The zero-order chi connectivity index (χ0) is 13.9. The van der Waals surface area contributed by atoms with Crippen LogP contribution < -0.4 is 10.6 Å². The zero-order valence-corrected chi connectivity index (χ0v) is 11.6. The number of nitrogens with zero attached hydrogens (tertiary/aromatic N) is 3. The van der Waals surface area contributed by atoms with Gasteiger partial charge >= 0.3 is 0 Å². The van der Waals surface area contributed by atoms with Gasteiger partial charge in [-0.25, -0.2) is 9.50 Å². The Balaban J connectivity index is 1.43. The summed E-state index contributed by atoms with van der Waals surface area (Å²) >= 11 is 0. The summed E-state index contributed by atoms with van der Waals surface area (Å²) in [5, 5.41) is 10.6. The second-order valence-corrected chi connectivity index (χ2v) is 5.29. The Labute approximate surface area is 117 Å². The Morgan fingerprint density at radius 2 is 2.30 bits per heavy atom. The Bertz CT molecular complexity index is 617. The number of hydrogen-bond acceptors (Lipinski definition) is 4. The molecule has 1 fully saturated rings. The standard InChI is InChI=1S/C14H19N5O/c1-10-6-13-17-8-11(9-19(13)18-10)7-15-4-5-16-14(20)12-2-3-12/h6,8-9,12,15H,2-5,7H2,1H3,(H,16,20). The van der Waals surface area contributed by atoms with Crippen molar-refractivity contribution in [2.24, 2.45) is 5.92 Å². The first-order chi connectivity index (χ1) is 9.72. The van der Waals surface area contributed by atoms with Crippen LogP contribution in [0, 0.1) is 12.8 Å². The lowest BCUT2D eigenvalue weighted by atomic mass is 10.3. The highest BCUT2D eigenvalue weighted by Crippen LogP contribution is 2.28. The van der Waals surface area contributed by atoms with Gasteiger partial charge in [0.05, 0.1) is 5.69 Å². The molecule has 2 heterocycles. The van der Waals surface area contributed by atoms with Gasteiger partial charge in [-0.2, -0.15) is 5.10 Å². The van der Waals surface area contributed by atoms with E-state index in [1.54, 1.807) is 4.52 Å². The maximum absolute atomic E-state index is 11.4. The van der Waals surface area contributed by atoms with Crippen molar-refractivity contribution in [1.29, 1.82) is 0 Å². The van der Waals surface area contributed by atoms with Crippen molar-refractivity contribution in [2.75, 3.05) is 13.1 Å². The SMILES string of the molecule is Cc1cc2ncc(CNCCNC(=O)C3CC3)cn2n1. The van der Waals surface area contributed by atoms with Gasteiger partial charge in [0.2, 0.25) is 5.91 Å². The molecule has 106 valence electrons. The third-order valence-electron chi connectivity index (χ3n) is 3.37. The Kier molecular flexibility index (Phi) is 3.64. The Hall–Kier alpha value is -1.95. The Morgan fingerprint density at radius 3 is 3.10 bits per heavy atom. The van der Waals surface area contributed by atoms with Crippen LogP contribution in [0.4, 0.5) is 0 Å². The summed E-state index contributed by atoms with van der Waals surface area (Å²) in [5.41, 5.74) is 2.91. The van der Waals surface area contributed by atoms with Crippen molar-refractivity contribution in [1.82, 2.24) is 25.2 Å². The summed E-state index contributed by atoms with van der Waals surface area (Å²) < 4.78 is 1.79. The topological polar surface area (TPSA) is 71.3 Å². The van der Waals surface area contributed by atoms with Crippen LogP contribution in [0.25, 0.3) is 5.65 Å². The highest BCUT2D eigenvalue weighted by Gasteiger charge is 2.28. The van der Waals surface area contributed by atoms with Crippen LogP contribution in [0.3, 0.4) is 0 Å². The van der Waals surface area contributed by atoms with Crippen LogP contribution in [0.5, 0.6) is 0 Å². The fourth-order valence-electron chi connectivity index (χ4n) is 2.12. The third-order valence-corrected chi connectivity index (χ3v) is 3.37. The summed E-state index contributed by atoms with van der Waals surface area (Å²) in [6.45, 7) is 4.11. The molecule has 0 aliphatic heterocycles. The van der Waals surface area contributed by atoms with Crippen molar-refractivity contribution in [3.8, 4) is 0 Å². The number of amides is 1. The van der Waals surface area contributed by atoms with Crippen LogP contribution in [0.2, 0.25) is 0 Å². The molecule has 1 aliphatic carbocycles. The molecule has 0 aromatic carbocycles. The first kappa shape index (κ1) is 13.1. The van der Waals surface area contributed by atoms with Crippen LogP contribution in [-0.2, 0) is 11.3 Å². The molecule has 20 heavy (non-hydrogen) atoms. The highest BCUT2D eigenvalue weighted by atomic mass is 16.2. The van der Waals surface area contributed by atoms with Crippen molar-refractivity contribution in [2.45, 2.75) is 26.3 Å². The van der Waals surface area contributed by atoms with Crippen LogP contribution in [-0.4, -0.2) is 33.6 Å². The fourth-order valence-corrected chi connectivity index (χ4v) is 2.12. The molecule has 2 aromatic rings. The van der Waals surface area contributed by atoms with Crippen molar-refractivity contribution in [3.05, 3.63) is 29.7 Å². The molecule has 0 spiro atoms. The highest BCUT2D eigenvalue weighted by molar-refractivity contribution is 5.80. The van der Waals surface area contributed by atoms with E-state index in [0.717, 1.165) is 42.8 Å². The smallest absolute Gasteiger partial charge is 0.223 e. The largest absolute Gasteiger partial charge is 0.355 e. The van der Waals surface area contributed by atoms with Gasteiger partial charge in [-0.3, -0.25) is 4.79 Å². The van der Waals surface area contributed by atoms with E-state index in [-0.39, 0.29) is 11.8 Å². The number of fused-ring (bicyclic) bond motifs is 1. The number of carbonyl (C=O) groups excluding carboxylic acids is 1. The molecular formula is C14H19N5O. The lowest BCUT2D eigenvalue weighted by Gasteiger charge is -2.06. The summed E-state index contributed by atoms with van der Waals surface area (Å²) in [5.74, 6) is 0.478. The summed E-state index contributed by atoms with van der Waals surface area (Å²) in [7, 11) is 0. The van der Waals surface area contributed by atoms with E-state index in [1.807, 2.05) is 25.4 Å². The van der Waals surface area contributed by atoms with Crippen molar-refractivity contribution >= 4 is 11.6 Å². The maximum Gasteiger partial charge on any atom is 0.223 e. The monoisotopic (exact) mass is 273 g/mol. The predicted octanol–water partition coefficient (Wildman–Crippen LogP) is 0.654. The molecule has 6 heteroatoms. The lowest BCUT2D eigenvalue weighted by molar-refractivity contribution is -0.122. The van der Waals surface area contributed by atoms with Gasteiger partial charge < -0.3 is 10.6 Å². The van der Waals surface area contributed by atoms with Crippen LogP contribution >= 0.6 is 0 Å². The zero-order valence-electron chi connectivity index (χ0n) is 11.6. The van der Waals surface area contributed by atoms with E-state index in [2.05, 4.69) is 20.7 Å². The van der Waals surface area contributed by atoms with Gasteiger partial charge in [0, 0.05) is 49.6 Å². The van der Waals surface area contributed by atoms with Gasteiger partial charge in [0.15, 0.2) is 5.65 Å². The van der Waals surface area contributed by atoms with Crippen molar-refractivity contribution < 1.29 is 4.79 Å². The first-order valence-corrected chi connectivity index (χ1v) is 7.02. The molecule has 2 aromatic heterocycles. The second-order valence-electron chi connectivity index (χ2n) is 5.29. The van der Waals surface area contributed by atoms with Gasteiger partial charge in [0.1, 0.15) is 0 Å². The Morgan fingerprint density at radius 1 is 1.45 bits per heavy atom. The molecule has 1 saturated carbocycles. The fraction of sp³-hybridized carbons (Fsp3) is 0.500. The molecular weight excluding hydrogens is 254 g/mol. The van der Waals surface area contributed by atoms with E-state index in [0.29, 0.717) is 6.54 Å². The van der Waals surface area contributed by atoms with Gasteiger partial charge in [0.25, 0.3) is 0 Å². The van der Waals surface area contributed by atoms with Gasteiger partial charge in [-0.15, -0.1) is 0 Å². The average Bonchev–Trinajstić information content (AvgIpc) is 3.20. The van der Waals surface area contributed by atoms with E-state index in [9.17, 15) is 4.79 Å². The normalized spacial score (nSPS) is 14.7. The van der Waals surface area contributed by atoms with E-state index < -0.39 is 0 Å². The van der Waals surface area contributed by atoms with Crippen molar-refractivity contribution in [3.63, 3.8) is 0 Å². The van der Waals surface area contributed by atoms with Gasteiger partial charge in [-0.05, 0) is 19.8 Å². The molecule has 0 saturated heterocycles. The molecule has 0 atom stereocenters. The first-order valence-electron chi connectivity index (χ1n) is 7.02. The van der Waals surface area contributed by atoms with Crippen LogP contribution in [0.15, 0.2) is 18.5 Å². The molecule has 0 bridgehead atoms. The third kappa shape index (κ3) is 3.14. The molecule has 1 aliphatic rings. The van der Waals surface area contributed by atoms with E-state index >= 15 is 0 Å². The number of rotatable bonds is 6.